The van der Waals surface area contributed by atoms with E-state index in [1.165, 1.54) is 10.4 Å². The van der Waals surface area contributed by atoms with E-state index in [2.05, 4.69) is 28.8 Å². The molecule has 1 aliphatic heterocycles. The molecule has 0 atom stereocenters. The number of nitrogens with one attached hydrogen (secondary N) is 1. The number of aromatic nitrogens is 2. The summed E-state index contributed by atoms with van der Waals surface area (Å²) >= 11 is 1.70. The first-order valence-corrected chi connectivity index (χ1v) is 8.63. The lowest BCUT2D eigenvalue weighted by Crippen LogP contribution is -2.44. The molecule has 1 aliphatic rings. The SMILES string of the molecule is Cc1ccsc1CNC(=O)N1CCC(Cn2cccn2)CC1. The number of rotatable bonds is 4. The fourth-order valence-electron chi connectivity index (χ4n) is 2.84. The van der Waals surface area contributed by atoms with Crippen molar-refractivity contribution in [3.05, 3.63) is 40.3 Å². The van der Waals surface area contributed by atoms with Crippen LogP contribution in [0.3, 0.4) is 0 Å². The molecule has 6 heteroatoms. The van der Waals surface area contributed by atoms with E-state index < -0.39 is 0 Å². The van der Waals surface area contributed by atoms with Crippen molar-refractivity contribution < 1.29 is 4.79 Å². The predicted octanol–water partition coefficient (Wildman–Crippen LogP) is 2.87. The lowest BCUT2D eigenvalue weighted by molar-refractivity contribution is 0.164. The van der Waals surface area contributed by atoms with E-state index in [4.69, 9.17) is 0 Å². The van der Waals surface area contributed by atoms with Crippen molar-refractivity contribution in [2.75, 3.05) is 13.1 Å². The van der Waals surface area contributed by atoms with E-state index in [0.717, 1.165) is 32.5 Å². The van der Waals surface area contributed by atoms with Gasteiger partial charge in [-0.2, -0.15) is 5.10 Å². The van der Waals surface area contributed by atoms with Crippen LogP contribution in [0.1, 0.15) is 23.3 Å². The molecule has 0 bridgehead atoms. The second kappa shape index (κ2) is 6.96. The molecule has 0 aromatic carbocycles. The van der Waals surface area contributed by atoms with Gasteiger partial charge in [0, 0.05) is 36.9 Å². The average Bonchev–Trinajstić information content (AvgIpc) is 3.17. The van der Waals surface area contributed by atoms with Gasteiger partial charge in [-0.25, -0.2) is 4.79 Å². The number of hydrogen-bond acceptors (Lipinski definition) is 3. The van der Waals surface area contributed by atoms with Gasteiger partial charge >= 0.3 is 6.03 Å². The summed E-state index contributed by atoms with van der Waals surface area (Å²) in [6.45, 7) is 5.34. The number of carbonyl (C=O) groups is 1. The topological polar surface area (TPSA) is 50.2 Å². The standard InChI is InChI=1S/C16H22N4OS/c1-13-5-10-22-15(13)11-17-16(21)19-8-3-14(4-9-19)12-20-7-2-6-18-20/h2,5-7,10,14H,3-4,8-9,11-12H2,1H3,(H,17,21). The Morgan fingerprint density at radius 3 is 2.91 bits per heavy atom. The fraction of sp³-hybridized carbons (Fsp3) is 0.500. The zero-order valence-electron chi connectivity index (χ0n) is 12.9. The minimum atomic E-state index is 0.0605. The smallest absolute Gasteiger partial charge is 0.317 e. The summed E-state index contributed by atoms with van der Waals surface area (Å²) in [4.78, 5) is 15.4. The van der Waals surface area contributed by atoms with Crippen LogP contribution in [-0.4, -0.2) is 33.8 Å². The first-order chi connectivity index (χ1) is 10.7. The third-order valence-corrected chi connectivity index (χ3v) is 5.30. The van der Waals surface area contributed by atoms with Gasteiger partial charge in [0.05, 0.1) is 6.54 Å². The molecule has 22 heavy (non-hydrogen) atoms. The number of thiophene rings is 1. The molecule has 3 heterocycles. The Hall–Kier alpha value is -1.82. The van der Waals surface area contributed by atoms with Crippen molar-refractivity contribution in [1.29, 1.82) is 0 Å². The zero-order chi connectivity index (χ0) is 15.4. The Morgan fingerprint density at radius 2 is 2.27 bits per heavy atom. The van der Waals surface area contributed by atoms with Crippen LogP contribution in [0.15, 0.2) is 29.9 Å². The highest BCUT2D eigenvalue weighted by molar-refractivity contribution is 7.10. The predicted molar refractivity (Wildman–Crippen MR) is 87.8 cm³/mol. The van der Waals surface area contributed by atoms with E-state index in [1.807, 2.05) is 28.0 Å². The first-order valence-electron chi connectivity index (χ1n) is 7.75. The van der Waals surface area contributed by atoms with E-state index in [0.29, 0.717) is 12.5 Å². The van der Waals surface area contributed by atoms with Gasteiger partial charge in [-0.15, -0.1) is 11.3 Å². The Morgan fingerprint density at radius 1 is 1.45 bits per heavy atom. The van der Waals surface area contributed by atoms with Gasteiger partial charge in [-0.3, -0.25) is 4.68 Å². The van der Waals surface area contributed by atoms with Gasteiger partial charge in [-0.05, 0) is 48.8 Å². The van der Waals surface area contributed by atoms with Crippen LogP contribution < -0.4 is 5.32 Å². The molecule has 2 aromatic heterocycles. The number of nitrogens with zero attached hydrogens (tertiary/aromatic N) is 3. The second-order valence-corrected chi connectivity index (χ2v) is 6.84. The lowest BCUT2D eigenvalue weighted by atomic mass is 9.97. The molecule has 3 rings (SSSR count). The summed E-state index contributed by atoms with van der Waals surface area (Å²) < 4.78 is 1.99. The van der Waals surface area contributed by atoms with Gasteiger partial charge in [-0.1, -0.05) is 0 Å². The molecule has 0 saturated carbocycles. The van der Waals surface area contributed by atoms with Gasteiger partial charge in [0.15, 0.2) is 0 Å². The zero-order valence-corrected chi connectivity index (χ0v) is 13.7. The van der Waals surface area contributed by atoms with Crippen LogP contribution in [0.2, 0.25) is 0 Å². The highest BCUT2D eigenvalue weighted by Gasteiger charge is 2.23. The molecule has 1 N–H and O–H groups in total. The van der Waals surface area contributed by atoms with E-state index >= 15 is 0 Å². The molecule has 2 amide bonds. The summed E-state index contributed by atoms with van der Waals surface area (Å²) in [5, 5.41) is 9.36. The molecule has 1 fully saturated rings. The van der Waals surface area contributed by atoms with Crippen molar-refractivity contribution in [3.63, 3.8) is 0 Å². The van der Waals surface area contributed by atoms with Crippen molar-refractivity contribution in [2.45, 2.75) is 32.9 Å². The monoisotopic (exact) mass is 318 g/mol. The Labute approximate surface area is 134 Å². The maximum Gasteiger partial charge on any atom is 0.317 e. The van der Waals surface area contributed by atoms with Crippen LogP contribution in [-0.2, 0) is 13.1 Å². The molecular weight excluding hydrogens is 296 g/mol. The van der Waals surface area contributed by atoms with Crippen molar-refractivity contribution in [2.24, 2.45) is 5.92 Å². The molecule has 2 aromatic rings. The highest BCUT2D eigenvalue weighted by atomic mass is 32.1. The average molecular weight is 318 g/mol. The van der Waals surface area contributed by atoms with Gasteiger partial charge < -0.3 is 10.2 Å². The maximum atomic E-state index is 12.2. The molecular formula is C16H22N4OS. The second-order valence-electron chi connectivity index (χ2n) is 5.84. The van der Waals surface area contributed by atoms with Crippen LogP contribution >= 0.6 is 11.3 Å². The molecule has 5 nitrogen and oxygen atoms in total. The van der Waals surface area contributed by atoms with E-state index in [-0.39, 0.29) is 6.03 Å². The highest BCUT2D eigenvalue weighted by Crippen LogP contribution is 2.19. The largest absolute Gasteiger partial charge is 0.333 e. The Bertz CT molecular complexity index is 599. The number of hydrogen-bond donors (Lipinski definition) is 1. The summed E-state index contributed by atoms with van der Waals surface area (Å²) in [6, 6.07) is 4.10. The lowest BCUT2D eigenvalue weighted by Gasteiger charge is -2.32. The number of piperidine rings is 1. The van der Waals surface area contributed by atoms with Crippen LogP contribution in [0, 0.1) is 12.8 Å². The number of amides is 2. The number of urea groups is 1. The number of carbonyl (C=O) groups excluding carboxylic acids is 1. The van der Waals surface area contributed by atoms with Crippen molar-refractivity contribution in [3.8, 4) is 0 Å². The molecule has 118 valence electrons. The third-order valence-electron chi connectivity index (χ3n) is 4.27. The van der Waals surface area contributed by atoms with E-state index in [9.17, 15) is 4.79 Å². The molecule has 0 aliphatic carbocycles. The summed E-state index contributed by atoms with van der Waals surface area (Å²) in [5.41, 5.74) is 1.25. The van der Waals surface area contributed by atoms with Crippen LogP contribution in [0.4, 0.5) is 4.79 Å². The Balaban J connectivity index is 1.42. The minimum Gasteiger partial charge on any atom is -0.333 e. The number of aryl methyl sites for hydroxylation is 1. The van der Waals surface area contributed by atoms with Gasteiger partial charge in [0.1, 0.15) is 0 Å². The quantitative estimate of drug-likeness (QED) is 0.942. The molecule has 0 radical (unpaired) electrons. The van der Waals surface area contributed by atoms with E-state index in [1.54, 1.807) is 11.3 Å². The van der Waals surface area contributed by atoms with Gasteiger partial charge in [0.2, 0.25) is 0 Å². The fourth-order valence-corrected chi connectivity index (χ4v) is 3.69. The molecule has 0 spiro atoms. The first kappa shape index (κ1) is 15.1. The molecule has 1 saturated heterocycles. The Kier molecular flexibility index (Phi) is 4.77. The summed E-state index contributed by atoms with van der Waals surface area (Å²) in [5.74, 6) is 0.614. The normalized spacial score (nSPS) is 16.0. The summed E-state index contributed by atoms with van der Waals surface area (Å²) in [6.07, 6.45) is 5.91. The maximum absolute atomic E-state index is 12.2. The van der Waals surface area contributed by atoms with Crippen molar-refractivity contribution >= 4 is 17.4 Å². The molecule has 0 unspecified atom stereocenters. The number of likely N-dealkylation sites (tertiary alicyclic amines) is 1. The van der Waals surface area contributed by atoms with Crippen LogP contribution in [0.25, 0.3) is 0 Å². The summed E-state index contributed by atoms with van der Waals surface area (Å²) in [7, 11) is 0. The minimum absolute atomic E-state index is 0.0605. The van der Waals surface area contributed by atoms with Crippen LogP contribution in [0.5, 0.6) is 0 Å². The third kappa shape index (κ3) is 3.68. The van der Waals surface area contributed by atoms with Gasteiger partial charge in [0.25, 0.3) is 0 Å². The van der Waals surface area contributed by atoms with Crippen molar-refractivity contribution in [1.82, 2.24) is 20.0 Å².